The number of rotatable bonds is 3. The number of amides is 1. The Labute approximate surface area is 124 Å². The number of hydrogen-bond donors (Lipinski definition) is 1. The van der Waals surface area contributed by atoms with Crippen LogP contribution in [0.15, 0.2) is 35.1 Å². The van der Waals surface area contributed by atoms with E-state index in [0.717, 1.165) is 22.6 Å². The van der Waals surface area contributed by atoms with E-state index in [2.05, 4.69) is 5.32 Å². The molecule has 1 aromatic carbocycles. The van der Waals surface area contributed by atoms with E-state index in [1.54, 1.807) is 0 Å². The summed E-state index contributed by atoms with van der Waals surface area (Å²) in [6, 6.07) is 8.91. The summed E-state index contributed by atoms with van der Waals surface area (Å²) >= 11 is 0. The molecule has 0 radical (unpaired) electrons. The Balaban J connectivity index is 2.15. The van der Waals surface area contributed by atoms with Crippen LogP contribution in [0.3, 0.4) is 0 Å². The molecule has 2 aromatic rings. The minimum absolute atomic E-state index is 0.0317. The second-order valence-electron chi connectivity index (χ2n) is 5.41. The molecule has 0 aliphatic heterocycles. The lowest BCUT2D eigenvalue weighted by Gasteiger charge is -2.14. The molecule has 1 amide bonds. The van der Waals surface area contributed by atoms with Gasteiger partial charge in [-0.2, -0.15) is 0 Å². The fourth-order valence-electron chi connectivity index (χ4n) is 2.30. The van der Waals surface area contributed by atoms with Crippen molar-refractivity contribution in [1.82, 2.24) is 4.57 Å². The second kappa shape index (κ2) is 5.95. The fraction of sp³-hybridized carbons (Fsp3) is 0.294. The van der Waals surface area contributed by atoms with Crippen LogP contribution in [0.2, 0.25) is 0 Å². The summed E-state index contributed by atoms with van der Waals surface area (Å²) in [7, 11) is 0. The van der Waals surface area contributed by atoms with E-state index in [1.165, 1.54) is 17.7 Å². The second-order valence-corrected chi connectivity index (χ2v) is 5.41. The van der Waals surface area contributed by atoms with Gasteiger partial charge in [-0.1, -0.05) is 6.07 Å². The van der Waals surface area contributed by atoms with Crippen molar-refractivity contribution >= 4 is 11.6 Å². The molecule has 0 aliphatic rings. The topological polar surface area (TPSA) is 51.1 Å². The zero-order chi connectivity index (χ0) is 15.6. The molecule has 0 aliphatic carbocycles. The predicted octanol–water partition coefficient (Wildman–Crippen LogP) is 2.72. The Morgan fingerprint density at radius 2 is 1.62 bits per heavy atom. The summed E-state index contributed by atoms with van der Waals surface area (Å²) in [5.74, 6) is -0.104. The Morgan fingerprint density at radius 3 is 2.19 bits per heavy atom. The number of aromatic nitrogens is 1. The van der Waals surface area contributed by atoms with Crippen molar-refractivity contribution < 1.29 is 4.79 Å². The third kappa shape index (κ3) is 3.60. The molecule has 1 N–H and O–H groups in total. The van der Waals surface area contributed by atoms with Gasteiger partial charge in [0.25, 0.3) is 0 Å². The number of pyridine rings is 1. The number of nitrogens with one attached hydrogen (secondary N) is 1. The molecule has 0 spiro atoms. The van der Waals surface area contributed by atoms with E-state index < -0.39 is 0 Å². The molecule has 0 unspecified atom stereocenters. The van der Waals surface area contributed by atoms with Crippen LogP contribution < -0.4 is 10.7 Å². The third-order valence-corrected chi connectivity index (χ3v) is 3.65. The quantitative estimate of drug-likeness (QED) is 0.942. The summed E-state index contributed by atoms with van der Waals surface area (Å²) in [4.78, 5) is 23.6. The largest absolute Gasteiger partial charge is 0.340 e. The van der Waals surface area contributed by atoms with Crippen molar-refractivity contribution in [3.63, 3.8) is 0 Å². The molecule has 4 nitrogen and oxygen atoms in total. The predicted molar refractivity (Wildman–Crippen MR) is 84.7 cm³/mol. The van der Waals surface area contributed by atoms with Crippen LogP contribution in [-0.4, -0.2) is 10.5 Å². The SMILES string of the molecule is Cc1ccc(NC(=O)Cn2c(C)cc(=O)cc2C)cc1C. The molecule has 0 atom stereocenters. The van der Waals surface area contributed by atoms with Gasteiger partial charge >= 0.3 is 0 Å². The number of carbonyl (C=O) groups is 1. The van der Waals surface area contributed by atoms with Gasteiger partial charge in [0.05, 0.1) is 0 Å². The van der Waals surface area contributed by atoms with E-state index >= 15 is 0 Å². The summed E-state index contributed by atoms with van der Waals surface area (Å²) in [6.45, 7) is 7.91. The summed E-state index contributed by atoms with van der Waals surface area (Å²) in [5, 5.41) is 2.89. The Morgan fingerprint density at radius 1 is 1.00 bits per heavy atom. The molecule has 0 saturated carbocycles. The van der Waals surface area contributed by atoms with Crippen LogP contribution in [-0.2, 0) is 11.3 Å². The van der Waals surface area contributed by atoms with Gasteiger partial charge in [0.2, 0.25) is 5.91 Å². The van der Waals surface area contributed by atoms with Gasteiger partial charge in [-0.05, 0) is 51.0 Å². The van der Waals surface area contributed by atoms with Gasteiger partial charge < -0.3 is 9.88 Å². The summed E-state index contributed by atoms with van der Waals surface area (Å²) in [6.07, 6.45) is 0. The maximum absolute atomic E-state index is 12.2. The molecule has 1 aromatic heterocycles. The zero-order valence-corrected chi connectivity index (χ0v) is 12.9. The first-order valence-corrected chi connectivity index (χ1v) is 6.92. The lowest BCUT2D eigenvalue weighted by atomic mass is 10.1. The van der Waals surface area contributed by atoms with Crippen molar-refractivity contribution in [1.29, 1.82) is 0 Å². The van der Waals surface area contributed by atoms with Gasteiger partial charge in [0, 0.05) is 29.2 Å². The van der Waals surface area contributed by atoms with Crippen LogP contribution in [0.25, 0.3) is 0 Å². The average molecular weight is 284 g/mol. The lowest BCUT2D eigenvalue weighted by molar-refractivity contribution is -0.116. The molecule has 1 heterocycles. The Bertz CT molecular complexity index is 719. The van der Waals surface area contributed by atoms with Gasteiger partial charge in [-0.25, -0.2) is 0 Å². The molecular weight excluding hydrogens is 264 g/mol. The van der Waals surface area contributed by atoms with Crippen molar-refractivity contribution in [2.24, 2.45) is 0 Å². The zero-order valence-electron chi connectivity index (χ0n) is 12.9. The molecular formula is C17H20N2O2. The van der Waals surface area contributed by atoms with Gasteiger partial charge in [-0.15, -0.1) is 0 Å². The number of nitrogens with zero attached hydrogens (tertiary/aromatic N) is 1. The fourth-order valence-corrected chi connectivity index (χ4v) is 2.30. The number of anilines is 1. The minimum atomic E-state index is -0.104. The van der Waals surface area contributed by atoms with Crippen molar-refractivity contribution in [3.05, 3.63) is 63.1 Å². The summed E-state index contributed by atoms with van der Waals surface area (Å²) in [5.41, 5.74) is 4.67. The first kappa shape index (κ1) is 15.0. The Kier molecular flexibility index (Phi) is 4.26. The molecule has 4 heteroatoms. The standard InChI is InChI=1S/C17H20N2O2/c1-11-5-6-15(7-12(11)2)18-17(21)10-19-13(3)8-16(20)9-14(19)4/h5-9H,10H2,1-4H3,(H,18,21). The van der Waals surface area contributed by atoms with E-state index in [1.807, 2.05) is 50.5 Å². The van der Waals surface area contributed by atoms with Crippen LogP contribution >= 0.6 is 0 Å². The van der Waals surface area contributed by atoms with Crippen LogP contribution in [0.4, 0.5) is 5.69 Å². The third-order valence-electron chi connectivity index (χ3n) is 3.65. The van der Waals surface area contributed by atoms with E-state index in [0.29, 0.717) is 0 Å². The molecule has 0 fully saturated rings. The number of aryl methyl sites for hydroxylation is 4. The molecule has 0 saturated heterocycles. The highest BCUT2D eigenvalue weighted by molar-refractivity contribution is 5.90. The molecule has 0 bridgehead atoms. The minimum Gasteiger partial charge on any atom is -0.340 e. The highest BCUT2D eigenvalue weighted by Crippen LogP contribution is 2.14. The highest BCUT2D eigenvalue weighted by Gasteiger charge is 2.08. The molecule has 2 rings (SSSR count). The average Bonchev–Trinajstić information content (AvgIpc) is 2.38. The van der Waals surface area contributed by atoms with Crippen LogP contribution in [0, 0.1) is 27.7 Å². The van der Waals surface area contributed by atoms with Gasteiger partial charge in [-0.3, -0.25) is 9.59 Å². The number of hydrogen-bond acceptors (Lipinski definition) is 2. The maximum Gasteiger partial charge on any atom is 0.244 e. The van der Waals surface area contributed by atoms with Crippen molar-refractivity contribution in [2.45, 2.75) is 34.2 Å². The molecule has 21 heavy (non-hydrogen) atoms. The number of carbonyl (C=O) groups excluding carboxylic acids is 1. The monoisotopic (exact) mass is 284 g/mol. The van der Waals surface area contributed by atoms with Crippen molar-refractivity contribution in [2.75, 3.05) is 5.32 Å². The normalized spacial score (nSPS) is 10.5. The first-order valence-electron chi connectivity index (χ1n) is 6.92. The maximum atomic E-state index is 12.2. The van der Waals surface area contributed by atoms with Crippen LogP contribution in [0.5, 0.6) is 0 Å². The van der Waals surface area contributed by atoms with Gasteiger partial charge in [0.15, 0.2) is 5.43 Å². The number of benzene rings is 1. The van der Waals surface area contributed by atoms with E-state index in [-0.39, 0.29) is 17.9 Å². The highest BCUT2D eigenvalue weighted by atomic mass is 16.2. The lowest BCUT2D eigenvalue weighted by Crippen LogP contribution is -2.23. The smallest absolute Gasteiger partial charge is 0.244 e. The van der Waals surface area contributed by atoms with E-state index in [4.69, 9.17) is 0 Å². The first-order chi connectivity index (χ1) is 9.86. The van der Waals surface area contributed by atoms with E-state index in [9.17, 15) is 9.59 Å². The molecule has 110 valence electrons. The Hall–Kier alpha value is -2.36. The van der Waals surface area contributed by atoms with Crippen molar-refractivity contribution in [3.8, 4) is 0 Å². The van der Waals surface area contributed by atoms with Crippen LogP contribution in [0.1, 0.15) is 22.5 Å². The van der Waals surface area contributed by atoms with Gasteiger partial charge in [0.1, 0.15) is 6.54 Å². The summed E-state index contributed by atoms with van der Waals surface area (Å²) < 4.78 is 1.83.